The van der Waals surface area contributed by atoms with Crippen molar-refractivity contribution in [2.75, 3.05) is 17.4 Å². The molecule has 0 radical (unpaired) electrons. The Morgan fingerprint density at radius 1 is 0.743 bits per heavy atom. The molecular weight excluding hydrogens is 452 g/mol. The molecule has 2 fully saturated rings. The first-order valence-electron chi connectivity index (χ1n) is 13.0. The summed E-state index contributed by atoms with van der Waals surface area (Å²) in [4.78, 5) is 3.01. The topological polar surface area (TPSA) is 40.6 Å². The van der Waals surface area contributed by atoms with E-state index in [1.807, 2.05) is 37.3 Å². The van der Waals surface area contributed by atoms with Gasteiger partial charge in [-0.1, -0.05) is 79.1 Å². The van der Waals surface area contributed by atoms with E-state index in [9.17, 15) is 8.42 Å². The lowest BCUT2D eigenvalue weighted by molar-refractivity contribution is 0.107. The predicted molar refractivity (Wildman–Crippen MR) is 143 cm³/mol. The largest absolute Gasteiger partial charge is 0.300 e. The average Bonchev–Trinajstić information content (AvgIpc) is 2.91. The van der Waals surface area contributed by atoms with Crippen LogP contribution in [-0.4, -0.2) is 38.5 Å². The summed E-state index contributed by atoms with van der Waals surface area (Å²) in [5.74, 6) is 0.572. The third-order valence-corrected chi connectivity index (χ3v) is 9.74. The number of piperidine rings is 1. The van der Waals surface area contributed by atoms with Gasteiger partial charge in [-0.3, -0.25) is 9.21 Å². The highest BCUT2D eigenvalue weighted by molar-refractivity contribution is 7.92. The Kier molecular flexibility index (Phi) is 7.26. The summed E-state index contributed by atoms with van der Waals surface area (Å²) in [5.41, 5.74) is 3.34. The molecule has 5 heteroatoms. The number of aryl methyl sites for hydroxylation is 1. The van der Waals surface area contributed by atoms with Crippen molar-refractivity contribution >= 4 is 15.7 Å². The fourth-order valence-corrected chi connectivity index (χ4v) is 7.76. The molecule has 35 heavy (non-hydrogen) atoms. The van der Waals surface area contributed by atoms with Crippen LogP contribution in [0.25, 0.3) is 0 Å². The molecule has 2 aliphatic rings. The van der Waals surface area contributed by atoms with Crippen molar-refractivity contribution in [3.8, 4) is 0 Å². The average molecular weight is 489 g/mol. The third-order valence-electron chi connectivity index (χ3n) is 7.85. The quantitative estimate of drug-likeness (QED) is 0.404. The van der Waals surface area contributed by atoms with Crippen molar-refractivity contribution in [3.05, 3.63) is 96.1 Å². The minimum atomic E-state index is -3.65. The maximum absolute atomic E-state index is 13.8. The van der Waals surface area contributed by atoms with E-state index in [2.05, 4.69) is 35.2 Å². The van der Waals surface area contributed by atoms with Gasteiger partial charge in [0.1, 0.15) is 0 Å². The second-order valence-electron chi connectivity index (χ2n) is 10.1. The zero-order valence-corrected chi connectivity index (χ0v) is 21.4. The normalized spacial score (nSPS) is 22.1. The smallest absolute Gasteiger partial charge is 0.264 e. The maximum atomic E-state index is 13.8. The Morgan fingerprint density at radius 2 is 1.34 bits per heavy atom. The minimum Gasteiger partial charge on any atom is -0.300 e. The van der Waals surface area contributed by atoms with E-state index >= 15 is 0 Å². The fraction of sp³-hybridized carbons (Fsp3) is 0.400. The summed E-state index contributed by atoms with van der Waals surface area (Å²) in [6.07, 6.45) is 6.74. The van der Waals surface area contributed by atoms with Crippen LogP contribution in [0.15, 0.2) is 89.8 Å². The first-order chi connectivity index (χ1) is 17.0. The van der Waals surface area contributed by atoms with Gasteiger partial charge in [0.15, 0.2) is 0 Å². The molecule has 0 spiro atoms. The second kappa shape index (κ2) is 10.5. The number of likely N-dealkylation sites (tertiary alicyclic amines) is 1. The van der Waals surface area contributed by atoms with E-state index in [0.717, 1.165) is 37.2 Å². The van der Waals surface area contributed by atoms with Crippen LogP contribution >= 0.6 is 0 Å². The Hall–Kier alpha value is -2.63. The molecule has 1 aliphatic heterocycles. The molecular formula is C30H36N2O2S. The number of sulfonamides is 1. The van der Waals surface area contributed by atoms with Crippen LogP contribution in [0.1, 0.15) is 55.6 Å². The molecule has 0 amide bonds. The van der Waals surface area contributed by atoms with Crippen LogP contribution in [0.5, 0.6) is 0 Å². The van der Waals surface area contributed by atoms with Crippen LogP contribution in [0.4, 0.5) is 5.69 Å². The van der Waals surface area contributed by atoms with Crippen LogP contribution in [0, 0.1) is 6.92 Å². The minimum absolute atomic E-state index is 0.0436. The first-order valence-corrected chi connectivity index (χ1v) is 14.4. The number of nitrogens with zero attached hydrogens (tertiary/aromatic N) is 2. The molecule has 1 saturated heterocycles. The van der Waals surface area contributed by atoms with Crippen LogP contribution in [0.2, 0.25) is 0 Å². The van der Waals surface area contributed by atoms with Gasteiger partial charge in [0.05, 0.1) is 10.6 Å². The summed E-state index contributed by atoms with van der Waals surface area (Å²) >= 11 is 0. The molecule has 0 N–H and O–H groups in total. The zero-order valence-electron chi connectivity index (χ0n) is 20.6. The Morgan fingerprint density at radius 3 is 2.00 bits per heavy atom. The van der Waals surface area contributed by atoms with E-state index in [4.69, 9.17) is 0 Å². The van der Waals surface area contributed by atoms with Crippen molar-refractivity contribution in [1.29, 1.82) is 0 Å². The summed E-state index contributed by atoms with van der Waals surface area (Å²) < 4.78 is 29.4. The highest BCUT2D eigenvalue weighted by Crippen LogP contribution is 2.38. The molecule has 4 nitrogen and oxygen atoms in total. The number of hydrogen-bond acceptors (Lipinski definition) is 3. The molecule has 2 atom stereocenters. The summed E-state index contributed by atoms with van der Waals surface area (Å²) in [5, 5.41) is 0. The van der Waals surface area contributed by atoms with Crippen molar-refractivity contribution in [1.82, 2.24) is 4.90 Å². The zero-order chi connectivity index (χ0) is 24.3. The molecule has 5 rings (SSSR count). The molecule has 0 bridgehead atoms. The van der Waals surface area contributed by atoms with Crippen LogP contribution < -0.4 is 4.31 Å². The van der Waals surface area contributed by atoms with Gasteiger partial charge >= 0.3 is 0 Å². The molecule has 3 aromatic rings. The summed E-state index contributed by atoms with van der Waals surface area (Å²) in [7, 11) is -3.65. The highest BCUT2D eigenvalue weighted by atomic mass is 32.2. The number of anilines is 1. The lowest BCUT2D eigenvalue weighted by atomic mass is 9.78. The molecule has 2 unspecified atom stereocenters. The first kappa shape index (κ1) is 24.1. The predicted octanol–water partition coefficient (Wildman–Crippen LogP) is 6.38. The van der Waals surface area contributed by atoms with Crippen LogP contribution in [0.3, 0.4) is 0 Å². The second-order valence-corrected chi connectivity index (χ2v) is 11.9. The van der Waals surface area contributed by atoms with Gasteiger partial charge in [0.2, 0.25) is 0 Å². The number of hydrogen-bond donors (Lipinski definition) is 0. The van der Waals surface area contributed by atoms with Crippen molar-refractivity contribution in [2.24, 2.45) is 0 Å². The van der Waals surface area contributed by atoms with Gasteiger partial charge in [-0.25, -0.2) is 8.42 Å². The summed E-state index contributed by atoms with van der Waals surface area (Å²) in [6.45, 7) is 3.91. The number of rotatable bonds is 6. The standard InChI is InChI=1S/C30H36N2O2S/c1-24-16-18-26(19-17-24)32(35(33,34)28-12-6-3-7-13-28)27-20-22-31(23-21-27)30-15-9-8-14-29(30)25-10-4-2-5-11-25/h2-7,10-13,16-19,27,29-30H,8-9,14-15,20-23H2,1H3. The van der Waals surface area contributed by atoms with Gasteiger partial charge in [-0.15, -0.1) is 0 Å². The van der Waals surface area contributed by atoms with Crippen molar-refractivity contribution in [2.45, 2.75) is 68.3 Å². The fourth-order valence-electron chi connectivity index (χ4n) is 6.03. The molecule has 1 heterocycles. The van der Waals surface area contributed by atoms with E-state index in [1.54, 1.807) is 28.6 Å². The van der Waals surface area contributed by atoms with Crippen LogP contribution in [-0.2, 0) is 10.0 Å². The lowest BCUT2D eigenvalue weighted by Gasteiger charge is -2.45. The maximum Gasteiger partial charge on any atom is 0.264 e. The Balaban J connectivity index is 1.38. The van der Waals surface area contributed by atoms with Gasteiger partial charge in [0.25, 0.3) is 10.0 Å². The van der Waals surface area contributed by atoms with Crippen molar-refractivity contribution in [3.63, 3.8) is 0 Å². The monoisotopic (exact) mass is 488 g/mol. The van der Waals surface area contributed by atoms with Gasteiger partial charge in [0, 0.05) is 25.2 Å². The number of benzene rings is 3. The van der Waals surface area contributed by atoms with Crippen molar-refractivity contribution < 1.29 is 8.42 Å². The molecule has 184 valence electrons. The Labute approximate surface area is 210 Å². The molecule has 1 saturated carbocycles. The van der Waals surface area contributed by atoms with E-state index in [-0.39, 0.29) is 6.04 Å². The molecule has 0 aromatic heterocycles. The van der Waals surface area contributed by atoms with Gasteiger partial charge < -0.3 is 0 Å². The summed E-state index contributed by atoms with van der Waals surface area (Å²) in [6, 6.07) is 28.3. The molecule has 3 aromatic carbocycles. The van der Waals surface area contributed by atoms with E-state index < -0.39 is 10.0 Å². The van der Waals surface area contributed by atoms with E-state index in [1.165, 1.54) is 31.2 Å². The van der Waals surface area contributed by atoms with Gasteiger partial charge in [-0.2, -0.15) is 0 Å². The molecule has 1 aliphatic carbocycles. The van der Waals surface area contributed by atoms with E-state index in [0.29, 0.717) is 16.9 Å². The van der Waals surface area contributed by atoms with Gasteiger partial charge in [-0.05, 0) is 68.4 Å². The Bertz CT molecular complexity index is 1190. The third kappa shape index (κ3) is 5.17. The highest BCUT2D eigenvalue weighted by Gasteiger charge is 2.38. The SMILES string of the molecule is Cc1ccc(N(C2CCN(C3CCCCC3c3ccccc3)CC2)S(=O)(=O)c2ccccc2)cc1. The lowest BCUT2D eigenvalue weighted by Crippen LogP contribution is -2.51.